The van der Waals surface area contributed by atoms with Crippen LogP contribution in [0.5, 0.6) is 0 Å². The Bertz CT molecular complexity index is 858. The second kappa shape index (κ2) is 9.59. The number of carboxylic acid groups (broad SMARTS) is 1. The fourth-order valence-electron chi connectivity index (χ4n) is 4.96. The molecule has 11 heteroatoms. The van der Waals surface area contributed by atoms with E-state index in [1.165, 1.54) is 47.3 Å². The van der Waals surface area contributed by atoms with Crippen LogP contribution in [0.4, 0.5) is 5.13 Å². The van der Waals surface area contributed by atoms with Crippen molar-refractivity contribution in [2.75, 3.05) is 5.73 Å². The zero-order chi connectivity index (χ0) is 21.6. The van der Waals surface area contributed by atoms with Gasteiger partial charge in [-0.3, -0.25) is 9.59 Å². The summed E-state index contributed by atoms with van der Waals surface area (Å²) < 4.78 is -0.677. The molecule has 1 aliphatic carbocycles. The van der Waals surface area contributed by atoms with Gasteiger partial charge in [-0.25, -0.2) is 4.98 Å². The number of thioether (sulfide) groups is 1. The molecule has 31 heavy (non-hydrogen) atoms. The number of fused-ring (bicyclic) bond motifs is 1. The molecule has 0 bridgehead atoms. The first-order valence-electron chi connectivity index (χ1n) is 10.4. The van der Waals surface area contributed by atoms with E-state index in [1.807, 2.05) is 5.38 Å². The molecule has 0 radical (unpaired) electrons. The molecular formula is C20H27N4NaO4S2. The van der Waals surface area contributed by atoms with Crippen molar-refractivity contribution in [1.29, 1.82) is 0 Å². The van der Waals surface area contributed by atoms with Crippen molar-refractivity contribution in [3.05, 3.63) is 11.1 Å². The van der Waals surface area contributed by atoms with E-state index >= 15 is 0 Å². The van der Waals surface area contributed by atoms with E-state index in [4.69, 9.17) is 5.73 Å². The average Bonchev–Trinajstić information content (AvgIpc) is 3.23. The Morgan fingerprint density at radius 3 is 2.61 bits per heavy atom. The Balaban J connectivity index is 0.00000272. The fraction of sp³-hybridized carbons (Fsp3) is 0.700. The summed E-state index contributed by atoms with van der Waals surface area (Å²) >= 11 is 2.70. The van der Waals surface area contributed by atoms with Gasteiger partial charge in [-0.05, 0) is 26.2 Å². The molecule has 164 valence electrons. The van der Waals surface area contributed by atoms with E-state index in [9.17, 15) is 19.5 Å². The third-order valence-electron chi connectivity index (χ3n) is 6.47. The van der Waals surface area contributed by atoms with Gasteiger partial charge < -0.3 is 25.9 Å². The van der Waals surface area contributed by atoms with Gasteiger partial charge in [0.15, 0.2) is 5.13 Å². The van der Waals surface area contributed by atoms with Gasteiger partial charge >= 0.3 is 29.6 Å². The summed E-state index contributed by atoms with van der Waals surface area (Å²) in [6, 6.07) is -1.72. The summed E-state index contributed by atoms with van der Waals surface area (Å²) in [5.74, 6) is -1.87. The fourth-order valence-corrected chi connectivity index (χ4v) is 7.20. The van der Waals surface area contributed by atoms with Crippen molar-refractivity contribution in [2.24, 2.45) is 5.92 Å². The van der Waals surface area contributed by atoms with Crippen molar-refractivity contribution in [2.45, 2.75) is 80.5 Å². The molecule has 1 saturated carbocycles. The summed E-state index contributed by atoms with van der Waals surface area (Å²) in [7, 11) is 0. The number of nitrogens with zero attached hydrogens (tertiary/aromatic N) is 2. The van der Waals surface area contributed by atoms with Crippen LogP contribution in [0.15, 0.2) is 5.38 Å². The van der Waals surface area contributed by atoms with Gasteiger partial charge in [-0.2, -0.15) is 0 Å². The largest absolute Gasteiger partial charge is 1.00 e. The summed E-state index contributed by atoms with van der Waals surface area (Å²) in [4.78, 5) is 43.2. The molecule has 4 atom stereocenters. The van der Waals surface area contributed by atoms with Gasteiger partial charge in [0.2, 0.25) is 11.8 Å². The number of carboxylic acids is 1. The molecule has 0 aromatic carbocycles. The molecule has 2 amide bonds. The summed E-state index contributed by atoms with van der Waals surface area (Å²) in [6.07, 6.45) is 6.46. The molecule has 1 aromatic heterocycles. The number of hydrogen-bond donors (Lipinski definition) is 2. The molecule has 8 nitrogen and oxygen atoms in total. The Morgan fingerprint density at radius 2 is 2.03 bits per heavy atom. The van der Waals surface area contributed by atoms with E-state index in [2.05, 4.69) is 10.3 Å². The number of nitrogens with two attached hydrogens (primary N) is 1. The maximum absolute atomic E-state index is 13.2. The maximum Gasteiger partial charge on any atom is 1.00 e. The molecule has 1 unspecified atom stereocenters. The molecule has 3 fully saturated rings. The molecule has 3 aliphatic rings. The van der Waals surface area contributed by atoms with Crippen LogP contribution in [0, 0.1) is 5.92 Å². The number of carbonyl (C=O) groups excluding carboxylic acids is 3. The summed E-state index contributed by atoms with van der Waals surface area (Å²) in [6.45, 7) is 3.57. The van der Waals surface area contributed by atoms with Crippen LogP contribution < -0.4 is 45.7 Å². The van der Waals surface area contributed by atoms with Gasteiger partial charge in [0, 0.05) is 10.1 Å². The van der Waals surface area contributed by atoms with E-state index in [-0.39, 0.29) is 41.4 Å². The topological polar surface area (TPSA) is 128 Å². The number of thiazole rings is 1. The Hall–Kier alpha value is -0.810. The van der Waals surface area contributed by atoms with Crippen molar-refractivity contribution in [3.63, 3.8) is 0 Å². The van der Waals surface area contributed by atoms with E-state index in [1.54, 1.807) is 13.8 Å². The number of β-lactam (4-membered cyclic amide) rings is 1. The number of rotatable bonds is 6. The number of carbonyl (C=O) groups is 3. The standard InChI is InChI=1S/C20H28N4O4S2.Na/c1-20(2)14(18(27)28)24-16(26)13(17(24)30-20)23-15(25)11(12-9-29-19(21)22-12)8-10-6-4-3-5-7-10;/h9-11,13-14,17H,3-8H2,1-2H3,(H2,21,22)(H,23,25)(H,27,28);/q;+1/p-1/t11?,13-,14+,17-;/m1./s1. The first-order valence-corrected chi connectivity index (χ1v) is 12.2. The first kappa shape index (κ1) is 24.8. The van der Waals surface area contributed by atoms with E-state index in [0.717, 1.165) is 12.8 Å². The van der Waals surface area contributed by atoms with E-state index in [0.29, 0.717) is 23.2 Å². The molecule has 4 rings (SSSR count). The van der Waals surface area contributed by atoms with Crippen molar-refractivity contribution < 1.29 is 49.0 Å². The Kier molecular flexibility index (Phi) is 7.68. The quantitative estimate of drug-likeness (QED) is 0.363. The van der Waals surface area contributed by atoms with Crippen LogP contribution in [0.2, 0.25) is 0 Å². The zero-order valence-corrected chi connectivity index (χ0v) is 21.8. The SMILES string of the molecule is CC1(C)S[C@@H]2[C@H](NC(=O)C(CC3CCCCC3)c3csc(N)n3)C(=O)N2[C@H]1C(=O)[O-].[Na+]. The van der Waals surface area contributed by atoms with Crippen molar-refractivity contribution in [3.8, 4) is 0 Å². The second-order valence-corrected chi connectivity index (χ2v) is 11.6. The molecule has 2 saturated heterocycles. The number of aliphatic carboxylic acids is 1. The molecular weight excluding hydrogens is 447 g/mol. The molecule has 1 aromatic rings. The smallest absolute Gasteiger partial charge is 0.548 e. The third-order valence-corrected chi connectivity index (χ3v) is 8.73. The van der Waals surface area contributed by atoms with Crippen LogP contribution >= 0.6 is 23.1 Å². The van der Waals surface area contributed by atoms with Gasteiger partial charge in [0.25, 0.3) is 0 Å². The van der Waals surface area contributed by atoms with Crippen LogP contribution in [-0.2, 0) is 14.4 Å². The monoisotopic (exact) mass is 474 g/mol. The normalized spacial score (nSPS) is 28.3. The number of nitrogen functional groups attached to an aromatic ring is 1. The van der Waals surface area contributed by atoms with Crippen molar-refractivity contribution in [1.82, 2.24) is 15.2 Å². The maximum atomic E-state index is 13.2. The number of aromatic nitrogens is 1. The zero-order valence-electron chi connectivity index (χ0n) is 18.1. The Morgan fingerprint density at radius 1 is 1.35 bits per heavy atom. The summed E-state index contributed by atoms with van der Waals surface area (Å²) in [5, 5.41) is 16.3. The number of hydrogen-bond acceptors (Lipinski definition) is 8. The van der Waals surface area contributed by atoms with Crippen LogP contribution in [0.1, 0.15) is 64.0 Å². The van der Waals surface area contributed by atoms with Crippen LogP contribution in [0.25, 0.3) is 0 Å². The van der Waals surface area contributed by atoms with E-state index < -0.39 is 34.1 Å². The van der Waals surface area contributed by atoms with Gasteiger partial charge in [-0.15, -0.1) is 23.1 Å². The first-order chi connectivity index (χ1) is 14.2. The number of anilines is 1. The predicted octanol–water partition coefficient (Wildman–Crippen LogP) is -1.92. The predicted molar refractivity (Wildman–Crippen MR) is 113 cm³/mol. The van der Waals surface area contributed by atoms with Crippen molar-refractivity contribution >= 4 is 46.0 Å². The molecule has 0 spiro atoms. The molecule has 3 heterocycles. The van der Waals surface area contributed by atoms with Crippen LogP contribution in [-0.4, -0.2) is 49.9 Å². The molecule has 2 aliphatic heterocycles. The minimum absolute atomic E-state index is 0. The number of nitrogens with one attached hydrogen (secondary N) is 1. The Labute approximate surface area is 212 Å². The van der Waals surface area contributed by atoms with Gasteiger partial charge in [0.1, 0.15) is 11.4 Å². The molecule has 3 N–H and O–H groups in total. The van der Waals surface area contributed by atoms with Gasteiger partial charge in [0.05, 0.1) is 23.6 Å². The summed E-state index contributed by atoms with van der Waals surface area (Å²) in [5.41, 5.74) is 6.45. The minimum Gasteiger partial charge on any atom is -0.548 e. The van der Waals surface area contributed by atoms with Crippen LogP contribution in [0.3, 0.4) is 0 Å². The minimum atomic E-state index is -1.26. The average molecular weight is 475 g/mol. The van der Waals surface area contributed by atoms with Gasteiger partial charge in [-0.1, -0.05) is 32.1 Å². The third kappa shape index (κ3) is 4.78. The second-order valence-electron chi connectivity index (χ2n) is 8.97. The number of amides is 2.